The molecular formula is C12H11F2NO3. The molecule has 4 nitrogen and oxygen atoms in total. The standard InChI is InChI=1S/C12H11F2NO3/c1-3-18-11(16)12(13,14)9-5-4-6-10(17-2)8(9)7-15/h4-6H,3H2,1-2H3. The van der Waals surface area contributed by atoms with E-state index in [-0.39, 0.29) is 17.9 Å². The molecule has 0 radical (unpaired) electrons. The minimum atomic E-state index is -3.88. The van der Waals surface area contributed by atoms with E-state index in [0.717, 1.165) is 6.07 Å². The summed E-state index contributed by atoms with van der Waals surface area (Å²) in [5.41, 5.74) is -1.10. The van der Waals surface area contributed by atoms with Gasteiger partial charge in [-0.2, -0.15) is 14.0 Å². The van der Waals surface area contributed by atoms with Gasteiger partial charge in [-0.15, -0.1) is 0 Å². The van der Waals surface area contributed by atoms with E-state index in [4.69, 9.17) is 10.00 Å². The van der Waals surface area contributed by atoms with Crippen molar-refractivity contribution in [3.05, 3.63) is 29.3 Å². The van der Waals surface area contributed by atoms with Crippen molar-refractivity contribution in [2.24, 2.45) is 0 Å². The summed E-state index contributed by atoms with van der Waals surface area (Å²) in [6.45, 7) is 1.25. The molecule has 0 bridgehead atoms. The molecule has 18 heavy (non-hydrogen) atoms. The summed E-state index contributed by atoms with van der Waals surface area (Å²) in [5, 5.41) is 8.89. The number of esters is 1. The molecule has 0 heterocycles. The number of nitrogens with zero attached hydrogens (tertiary/aromatic N) is 1. The summed E-state index contributed by atoms with van der Waals surface area (Å²) in [7, 11) is 1.25. The van der Waals surface area contributed by atoms with Gasteiger partial charge in [0, 0.05) is 0 Å². The van der Waals surface area contributed by atoms with Gasteiger partial charge in [0.1, 0.15) is 17.4 Å². The number of methoxy groups -OCH3 is 1. The molecule has 0 saturated carbocycles. The van der Waals surface area contributed by atoms with Crippen molar-refractivity contribution in [1.82, 2.24) is 0 Å². The third-order valence-electron chi connectivity index (χ3n) is 2.23. The molecule has 96 valence electrons. The maximum Gasteiger partial charge on any atom is 0.382 e. The van der Waals surface area contributed by atoms with Gasteiger partial charge >= 0.3 is 11.9 Å². The Kier molecular flexibility index (Phi) is 4.21. The van der Waals surface area contributed by atoms with Crippen LogP contribution >= 0.6 is 0 Å². The molecule has 1 rings (SSSR count). The van der Waals surface area contributed by atoms with Gasteiger partial charge in [-0.3, -0.25) is 0 Å². The molecule has 0 aliphatic carbocycles. The van der Waals surface area contributed by atoms with Crippen molar-refractivity contribution in [3.63, 3.8) is 0 Å². The van der Waals surface area contributed by atoms with Crippen molar-refractivity contribution >= 4 is 5.97 Å². The number of ether oxygens (including phenoxy) is 2. The van der Waals surface area contributed by atoms with Crippen LogP contribution in [0.4, 0.5) is 8.78 Å². The summed E-state index contributed by atoms with van der Waals surface area (Å²) in [6, 6.07) is 5.25. The van der Waals surface area contributed by atoms with Gasteiger partial charge in [0.25, 0.3) is 0 Å². The lowest BCUT2D eigenvalue weighted by molar-refractivity contribution is -0.173. The summed E-state index contributed by atoms with van der Waals surface area (Å²) < 4.78 is 36.7. The Morgan fingerprint density at radius 2 is 2.17 bits per heavy atom. The number of carbonyl (C=O) groups is 1. The first-order chi connectivity index (χ1) is 8.48. The molecule has 0 atom stereocenters. The topological polar surface area (TPSA) is 59.3 Å². The number of nitriles is 1. The van der Waals surface area contributed by atoms with Gasteiger partial charge in [-0.25, -0.2) is 4.79 Å². The van der Waals surface area contributed by atoms with Crippen LogP contribution in [0.3, 0.4) is 0 Å². The maximum absolute atomic E-state index is 13.8. The van der Waals surface area contributed by atoms with Gasteiger partial charge in [0.05, 0.1) is 19.3 Å². The minimum Gasteiger partial charge on any atom is -0.495 e. The fraction of sp³-hybridized carbons (Fsp3) is 0.333. The van der Waals surface area contributed by atoms with Gasteiger partial charge in [-0.05, 0) is 13.0 Å². The van der Waals surface area contributed by atoms with Crippen LogP contribution in [0.1, 0.15) is 18.1 Å². The fourth-order valence-corrected chi connectivity index (χ4v) is 1.41. The Labute approximate surface area is 103 Å². The molecule has 1 aromatic rings. The smallest absolute Gasteiger partial charge is 0.382 e. The Morgan fingerprint density at radius 1 is 1.50 bits per heavy atom. The van der Waals surface area contributed by atoms with E-state index in [2.05, 4.69) is 4.74 Å². The zero-order valence-corrected chi connectivity index (χ0v) is 9.87. The molecule has 1 aromatic carbocycles. The average Bonchev–Trinajstić information content (AvgIpc) is 2.37. The normalized spacial score (nSPS) is 10.6. The molecule has 0 fully saturated rings. The second-order valence-electron chi connectivity index (χ2n) is 3.29. The Hall–Kier alpha value is -2.16. The van der Waals surface area contributed by atoms with E-state index in [1.54, 1.807) is 6.07 Å². The minimum absolute atomic E-state index is 0.0148. The lowest BCUT2D eigenvalue weighted by Gasteiger charge is -2.17. The predicted molar refractivity (Wildman–Crippen MR) is 58.2 cm³/mol. The highest BCUT2D eigenvalue weighted by Gasteiger charge is 2.45. The van der Waals surface area contributed by atoms with Crippen molar-refractivity contribution in [2.75, 3.05) is 13.7 Å². The molecule has 0 amide bonds. The number of hydrogen-bond donors (Lipinski definition) is 0. The Morgan fingerprint density at radius 3 is 2.67 bits per heavy atom. The molecule has 0 N–H and O–H groups in total. The third kappa shape index (κ3) is 2.40. The molecule has 0 unspecified atom stereocenters. The second-order valence-corrected chi connectivity index (χ2v) is 3.29. The molecule has 0 aliphatic heterocycles. The van der Waals surface area contributed by atoms with Crippen LogP contribution in [-0.4, -0.2) is 19.7 Å². The van der Waals surface area contributed by atoms with E-state index in [1.165, 1.54) is 26.2 Å². The SMILES string of the molecule is CCOC(=O)C(F)(F)c1cccc(OC)c1C#N. The molecule has 0 aromatic heterocycles. The first-order valence-electron chi connectivity index (χ1n) is 5.11. The van der Waals surface area contributed by atoms with Gasteiger partial charge in [0.2, 0.25) is 0 Å². The van der Waals surface area contributed by atoms with E-state index >= 15 is 0 Å². The van der Waals surface area contributed by atoms with Crippen LogP contribution in [0.2, 0.25) is 0 Å². The Balaban J connectivity index is 3.33. The average molecular weight is 255 g/mol. The number of carbonyl (C=O) groups excluding carboxylic acids is 1. The Bertz CT molecular complexity index is 495. The highest BCUT2D eigenvalue weighted by molar-refractivity contribution is 5.80. The summed E-state index contributed by atoms with van der Waals surface area (Å²) >= 11 is 0. The summed E-state index contributed by atoms with van der Waals surface area (Å²) in [6.07, 6.45) is 0. The summed E-state index contributed by atoms with van der Waals surface area (Å²) in [5.74, 6) is -5.58. The quantitative estimate of drug-likeness (QED) is 0.774. The maximum atomic E-state index is 13.8. The first kappa shape index (κ1) is 13.9. The van der Waals surface area contributed by atoms with E-state index in [0.29, 0.717) is 0 Å². The number of halogens is 2. The number of benzene rings is 1. The molecule has 0 aliphatic rings. The largest absolute Gasteiger partial charge is 0.495 e. The van der Waals surface area contributed by atoms with E-state index in [1.807, 2.05) is 0 Å². The van der Waals surface area contributed by atoms with Crippen molar-refractivity contribution in [2.45, 2.75) is 12.8 Å². The van der Waals surface area contributed by atoms with Gasteiger partial charge in [0.15, 0.2) is 0 Å². The van der Waals surface area contributed by atoms with Crippen LogP contribution in [0, 0.1) is 11.3 Å². The third-order valence-corrected chi connectivity index (χ3v) is 2.23. The highest BCUT2D eigenvalue weighted by Crippen LogP contribution is 2.35. The monoisotopic (exact) mass is 255 g/mol. The van der Waals surface area contributed by atoms with Crippen molar-refractivity contribution in [3.8, 4) is 11.8 Å². The van der Waals surface area contributed by atoms with E-state index in [9.17, 15) is 13.6 Å². The van der Waals surface area contributed by atoms with Gasteiger partial charge < -0.3 is 9.47 Å². The zero-order chi connectivity index (χ0) is 13.8. The lowest BCUT2D eigenvalue weighted by atomic mass is 10.0. The van der Waals surface area contributed by atoms with Gasteiger partial charge in [-0.1, -0.05) is 12.1 Å². The second kappa shape index (κ2) is 5.45. The number of alkyl halides is 2. The van der Waals surface area contributed by atoms with Crippen LogP contribution in [0.5, 0.6) is 5.75 Å². The fourth-order valence-electron chi connectivity index (χ4n) is 1.41. The zero-order valence-electron chi connectivity index (χ0n) is 9.87. The highest BCUT2D eigenvalue weighted by atomic mass is 19.3. The predicted octanol–water partition coefficient (Wildman–Crippen LogP) is 2.22. The number of hydrogen-bond acceptors (Lipinski definition) is 4. The van der Waals surface area contributed by atoms with E-state index < -0.39 is 17.5 Å². The van der Waals surface area contributed by atoms with Crippen LogP contribution < -0.4 is 4.74 Å². The molecule has 6 heteroatoms. The van der Waals surface area contributed by atoms with Crippen molar-refractivity contribution in [1.29, 1.82) is 5.26 Å². The molecule has 0 saturated heterocycles. The van der Waals surface area contributed by atoms with Crippen LogP contribution in [0.25, 0.3) is 0 Å². The lowest BCUT2D eigenvalue weighted by Crippen LogP contribution is -2.29. The van der Waals surface area contributed by atoms with Crippen LogP contribution in [-0.2, 0) is 15.5 Å². The first-order valence-corrected chi connectivity index (χ1v) is 5.11. The van der Waals surface area contributed by atoms with Crippen molar-refractivity contribution < 1.29 is 23.0 Å². The molecular weight excluding hydrogens is 244 g/mol. The summed E-state index contributed by atoms with van der Waals surface area (Å²) in [4.78, 5) is 11.2. The van der Waals surface area contributed by atoms with Crippen LogP contribution in [0.15, 0.2) is 18.2 Å². The number of rotatable bonds is 4. The molecule has 0 spiro atoms.